The highest BCUT2D eigenvalue weighted by Crippen LogP contribution is 2.46. The molecule has 1 saturated heterocycles. The van der Waals surface area contributed by atoms with Crippen LogP contribution in [-0.2, 0) is 24.9 Å². The molecule has 1 aliphatic rings. The number of hydrogen-bond donors (Lipinski definition) is 0. The molecule has 0 bridgehead atoms. The Kier molecular flexibility index (Phi) is 14.8. The van der Waals surface area contributed by atoms with Crippen LogP contribution in [0.25, 0.3) is 0 Å². The molecule has 1 aromatic carbocycles. The van der Waals surface area contributed by atoms with Crippen LogP contribution in [0.3, 0.4) is 0 Å². The number of hydrogen-bond acceptors (Lipinski definition) is 5. The molecule has 244 valence electrons. The van der Waals surface area contributed by atoms with Gasteiger partial charge in [-0.05, 0) is 57.4 Å². The molecule has 0 unspecified atom stereocenters. The average Bonchev–Trinajstić information content (AvgIpc) is 2.90. The Balaban J connectivity index is 2.25. The normalized spacial score (nSPS) is 22.4. The van der Waals surface area contributed by atoms with Gasteiger partial charge >= 0.3 is 0 Å². The SMILES string of the molecule is COc1ccc(COCC[C@@H]2O[C@H](CO[Si](C(C)C)(C(C)C)C(C)C)C[C@H](O[Si](C(C)C)(C(C)C)C(C)C)[C@H]2C)cc1. The van der Waals surface area contributed by atoms with E-state index in [4.69, 9.17) is 23.1 Å². The van der Waals surface area contributed by atoms with Crippen LogP contribution in [-0.4, -0.2) is 55.3 Å². The van der Waals surface area contributed by atoms with Crippen LogP contribution < -0.4 is 4.74 Å². The Hall–Kier alpha value is -0.706. The van der Waals surface area contributed by atoms with Crippen molar-refractivity contribution in [2.75, 3.05) is 20.3 Å². The Labute approximate surface area is 262 Å². The summed E-state index contributed by atoms with van der Waals surface area (Å²) in [6, 6.07) is 8.11. The van der Waals surface area contributed by atoms with Gasteiger partial charge in [0.2, 0.25) is 8.32 Å². The summed E-state index contributed by atoms with van der Waals surface area (Å²) in [6.07, 6.45) is 2.06. The van der Waals surface area contributed by atoms with Gasteiger partial charge < -0.3 is 23.1 Å². The summed E-state index contributed by atoms with van der Waals surface area (Å²) in [7, 11) is -2.35. The van der Waals surface area contributed by atoms with Crippen molar-refractivity contribution in [1.82, 2.24) is 0 Å². The van der Waals surface area contributed by atoms with Crippen molar-refractivity contribution in [3.05, 3.63) is 29.8 Å². The first-order valence-corrected chi connectivity index (χ1v) is 21.1. The average molecular weight is 623 g/mol. The highest BCUT2D eigenvalue weighted by Gasteiger charge is 2.50. The highest BCUT2D eigenvalue weighted by molar-refractivity contribution is 6.78. The lowest BCUT2D eigenvalue weighted by atomic mass is 9.89. The summed E-state index contributed by atoms with van der Waals surface area (Å²) in [4.78, 5) is 0. The Morgan fingerprint density at radius 2 is 1.26 bits per heavy atom. The summed E-state index contributed by atoms with van der Waals surface area (Å²) >= 11 is 0. The lowest BCUT2D eigenvalue weighted by molar-refractivity contribution is -0.145. The van der Waals surface area contributed by atoms with Crippen LogP contribution in [0.15, 0.2) is 24.3 Å². The predicted molar refractivity (Wildman–Crippen MR) is 183 cm³/mol. The first-order valence-electron chi connectivity index (χ1n) is 16.8. The molecule has 0 spiro atoms. The third-order valence-corrected chi connectivity index (χ3v) is 22.5. The van der Waals surface area contributed by atoms with Crippen molar-refractivity contribution >= 4 is 16.6 Å². The fourth-order valence-electron chi connectivity index (χ4n) is 8.25. The summed E-state index contributed by atoms with van der Waals surface area (Å²) in [5.74, 6) is 1.17. The van der Waals surface area contributed by atoms with E-state index in [0.29, 0.717) is 59.0 Å². The quantitative estimate of drug-likeness (QED) is 0.128. The number of methoxy groups -OCH3 is 1. The molecule has 2 rings (SSSR count). The van der Waals surface area contributed by atoms with Crippen molar-refractivity contribution in [3.63, 3.8) is 0 Å². The van der Waals surface area contributed by atoms with E-state index in [0.717, 1.165) is 24.2 Å². The second-order valence-corrected chi connectivity index (χ2v) is 25.6. The molecule has 1 heterocycles. The van der Waals surface area contributed by atoms with Crippen LogP contribution >= 0.6 is 0 Å². The van der Waals surface area contributed by atoms with Crippen LogP contribution in [0.5, 0.6) is 5.75 Å². The maximum atomic E-state index is 7.47. The molecular formula is C35H66O5Si2. The molecule has 0 aromatic heterocycles. The van der Waals surface area contributed by atoms with Crippen LogP contribution in [0.1, 0.15) is 108 Å². The molecular weight excluding hydrogens is 557 g/mol. The van der Waals surface area contributed by atoms with E-state index in [1.807, 2.05) is 12.1 Å². The van der Waals surface area contributed by atoms with Gasteiger partial charge in [0, 0.05) is 18.9 Å². The van der Waals surface area contributed by atoms with Gasteiger partial charge in [-0.15, -0.1) is 0 Å². The monoisotopic (exact) mass is 622 g/mol. The largest absolute Gasteiger partial charge is 0.497 e. The summed E-state index contributed by atoms with van der Waals surface area (Å²) in [6.45, 7) is 32.7. The van der Waals surface area contributed by atoms with Crippen molar-refractivity contribution in [2.45, 2.75) is 161 Å². The van der Waals surface area contributed by atoms with Crippen molar-refractivity contribution in [2.24, 2.45) is 5.92 Å². The number of rotatable bonds is 17. The van der Waals surface area contributed by atoms with Gasteiger partial charge in [0.05, 0.1) is 38.6 Å². The van der Waals surface area contributed by atoms with E-state index < -0.39 is 16.6 Å². The number of ether oxygens (including phenoxy) is 3. The maximum absolute atomic E-state index is 7.47. The van der Waals surface area contributed by atoms with Crippen molar-refractivity contribution in [1.29, 1.82) is 0 Å². The van der Waals surface area contributed by atoms with E-state index >= 15 is 0 Å². The molecule has 1 aliphatic heterocycles. The van der Waals surface area contributed by atoms with E-state index in [2.05, 4.69) is 102 Å². The van der Waals surface area contributed by atoms with Gasteiger partial charge in [-0.1, -0.05) is 102 Å². The van der Waals surface area contributed by atoms with Gasteiger partial charge in [0.1, 0.15) is 5.75 Å². The molecule has 1 aromatic rings. The lowest BCUT2D eigenvalue weighted by Gasteiger charge is -2.50. The molecule has 5 nitrogen and oxygen atoms in total. The second-order valence-electron chi connectivity index (χ2n) is 14.7. The van der Waals surface area contributed by atoms with E-state index in [1.54, 1.807) is 7.11 Å². The van der Waals surface area contributed by atoms with Crippen LogP contribution in [0.2, 0.25) is 33.2 Å². The highest BCUT2D eigenvalue weighted by atomic mass is 28.4. The van der Waals surface area contributed by atoms with Gasteiger partial charge in [-0.25, -0.2) is 0 Å². The predicted octanol–water partition coefficient (Wildman–Crippen LogP) is 10.1. The molecule has 0 aliphatic carbocycles. The topological polar surface area (TPSA) is 46.2 Å². The minimum atomic E-state index is -2.05. The molecule has 7 heteroatoms. The third kappa shape index (κ3) is 8.72. The van der Waals surface area contributed by atoms with Crippen LogP contribution in [0.4, 0.5) is 0 Å². The first-order chi connectivity index (χ1) is 19.6. The van der Waals surface area contributed by atoms with Crippen molar-refractivity contribution < 1.29 is 23.1 Å². The summed E-state index contributed by atoms with van der Waals surface area (Å²) in [5.41, 5.74) is 4.47. The van der Waals surface area contributed by atoms with Gasteiger partial charge in [-0.2, -0.15) is 0 Å². The molecule has 42 heavy (non-hydrogen) atoms. The smallest absolute Gasteiger partial charge is 0.200 e. The summed E-state index contributed by atoms with van der Waals surface area (Å²) in [5, 5.41) is 0. The fourth-order valence-corrected chi connectivity index (χ4v) is 19.4. The zero-order chi connectivity index (χ0) is 31.8. The molecule has 0 N–H and O–H groups in total. The van der Waals surface area contributed by atoms with Crippen molar-refractivity contribution in [3.8, 4) is 5.75 Å². The minimum absolute atomic E-state index is 0.0408. The Morgan fingerprint density at radius 3 is 1.71 bits per heavy atom. The van der Waals surface area contributed by atoms with Gasteiger partial charge in [0.15, 0.2) is 8.32 Å². The summed E-state index contributed by atoms with van der Waals surface area (Å²) < 4.78 is 32.9. The standard InChI is InChI=1S/C35H66O5Si2/c1-24(2)41(25(3)4,26(5)6)38-23-33-21-35(40-42(27(7)8,28(9)10)29(11)12)30(13)34(39-33)19-20-37-22-31-15-17-32(36-14)18-16-31/h15-18,24-30,33-35H,19-23H2,1-14H3/t30-,33-,34-,35-/m0/s1. The molecule has 0 saturated carbocycles. The molecule has 0 amide bonds. The van der Waals surface area contributed by atoms with Gasteiger partial charge in [0.25, 0.3) is 0 Å². The fraction of sp³-hybridized carbons (Fsp3) is 0.829. The van der Waals surface area contributed by atoms with E-state index in [1.165, 1.54) is 0 Å². The lowest BCUT2D eigenvalue weighted by Crippen LogP contribution is -2.56. The van der Waals surface area contributed by atoms with Crippen LogP contribution in [0, 0.1) is 5.92 Å². The maximum Gasteiger partial charge on any atom is 0.200 e. The second kappa shape index (κ2) is 16.6. The molecule has 4 atom stereocenters. The Morgan fingerprint density at radius 1 is 0.762 bits per heavy atom. The molecule has 1 fully saturated rings. The third-order valence-electron chi connectivity index (χ3n) is 10.3. The van der Waals surface area contributed by atoms with E-state index in [9.17, 15) is 0 Å². The first kappa shape index (κ1) is 37.5. The molecule has 0 radical (unpaired) electrons. The van der Waals surface area contributed by atoms with E-state index in [-0.39, 0.29) is 18.3 Å². The Bertz CT molecular complexity index is 856. The zero-order valence-corrected chi connectivity index (χ0v) is 31.7. The minimum Gasteiger partial charge on any atom is -0.497 e. The van der Waals surface area contributed by atoms with Gasteiger partial charge in [-0.3, -0.25) is 0 Å². The zero-order valence-electron chi connectivity index (χ0n) is 29.7. The number of benzene rings is 1.